The summed E-state index contributed by atoms with van der Waals surface area (Å²) in [5.41, 5.74) is 1.25. The van der Waals surface area contributed by atoms with Crippen molar-refractivity contribution < 1.29 is 17.9 Å². The van der Waals surface area contributed by atoms with E-state index in [-0.39, 0.29) is 16.7 Å². The third kappa shape index (κ3) is 4.66. The zero-order chi connectivity index (χ0) is 19.5. The summed E-state index contributed by atoms with van der Waals surface area (Å²) in [6.45, 7) is 6.45. The fourth-order valence-electron chi connectivity index (χ4n) is 2.04. The third-order valence-electron chi connectivity index (χ3n) is 3.92. The number of aliphatic imine (C=N–C) groups is 1. The van der Waals surface area contributed by atoms with E-state index >= 15 is 0 Å². The Morgan fingerprint density at radius 2 is 1.96 bits per heavy atom. The van der Waals surface area contributed by atoms with E-state index in [1.807, 2.05) is 25.8 Å². The summed E-state index contributed by atoms with van der Waals surface area (Å²) >= 11 is 5.62. The van der Waals surface area contributed by atoms with Crippen molar-refractivity contribution in [3.8, 4) is 11.6 Å². The van der Waals surface area contributed by atoms with Crippen molar-refractivity contribution in [3.63, 3.8) is 0 Å². The number of alkyl halides is 3. The minimum absolute atomic E-state index is 0.0127. The predicted octanol–water partition coefficient (Wildman–Crippen LogP) is 5.77. The fraction of sp³-hybridized carbons (Fsp3) is 0.333. The molecule has 0 fully saturated rings. The van der Waals surface area contributed by atoms with Gasteiger partial charge in [0.1, 0.15) is 5.75 Å². The lowest BCUT2D eigenvalue weighted by Gasteiger charge is -2.14. The van der Waals surface area contributed by atoms with Gasteiger partial charge < -0.3 is 9.64 Å². The highest BCUT2D eigenvalue weighted by atomic mass is 35.5. The van der Waals surface area contributed by atoms with Crippen molar-refractivity contribution in [1.29, 1.82) is 0 Å². The van der Waals surface area contributed by atoms with Gasteiger partial charge in [0, 0.05) is 19.2 Å². The van der Waals surface area contributed by atoms with Crippen LogP contribution in [0, 0.1) is 13.8 Å². The average Bonchev–Trinajstić information content (AvgIpc) is 2.58. The normalized spacial score (nSPS) is 11.8. The molecule has 0 spiro atoms. The van der Waals surface area contributed by atoms with Crippen LogP contribution in [0.4, 0.5) is 18.9 Å². The van der Waals surface area contributed by atoms with Gasteiger partial charge in [-0.15, -0.1) is 0 Å². The van der Waals surface area contributed by atoms with Gasteiger partial charge in [0.05, 0.1) is 28.8 Å². The van der Waals surface area contributed by atoms with Crippen LogP contribution in [0.15, 0.2) is 29.4 Å². The molecule has 0 bridgehead atoms. The molecular formula is C18H19ClF3N3O. The Hall–Kier alpha value is -2.28. The molecule has 8 heteroatoms. The maximum Gasteiger partial charge on any atom is 0.417 e. The molecule has 0 amide bonds. The van der Waals surface area contributed by atoms with Crippen molar-refractivity contribution in [2.24, 2.45) is 4.99 Å². The van der Waals surface area contributed by atoms with E-state index in [2.05, 4.69) is 9.98 Å². The Kier molecular flexibility index (Phi) is 6.13. The average molecular weight is 386 g/mol. The highest BCUT2D eigenvalue weighted by Crippen LogP contribution is 2.38. The maximum atomic E-state index is 13.0. The van der Waals surface area contributed by atoms with E-state index < -0.39 is 11.7 Å². The molecule has 1 aromatic carbocycles. The van der Waals surface area contributed by atoms with E-state index in [4.69, 9.17) is 16.3 Å². The molecule has 0 aliphatic rings. The van der Waals surface area contributed by atoms with Gasteiger partial charge in [0.25, 0.3) is 0 Å². The number of ether oxygens (including phenoxy) is 1. The number of pyridine rings is 1. The number of nitrogens with zero attached hydrogens (tertiary/aromatic N) is 3. The molecule has 26 heavy (non-hydrogen) atoms. The first-order chi connectivity index (χ1) is 12.1. The largest absolute Gasteiger partial charge is 0.439 e. The highest BCUT2D eigenvalue weighted by molar-refractivity contribution is 6.31. The molecule has 0 unspecified atom stereocenters. The van der Waals surface area contributed by atoms with Crippen LogP contribution in [0.3, 0.4) is 0 Å². The quantitative estimate of drug-likeness (QED) is 0.484. The smallest absolute Gasteiger partial charge is 0.417 e. The van der Waals surface area contributed by atoms with Crippen molar-refractivity contribution in [2.75, 3.05) is 13.6 Å². The third-order valence-corrected chi connectivity index (χ3v) is 4.25. The molecule has 0 saturated heterocycles. The molecule has 0 radical (unpaired) electrons. The Morgan fingerprint density at radius 1 is 1.27 bits per heavy atom. The molecular weight excluding hydrogens is 367 g/mol. The highest BCUT2D eigenvalue weighted by Gasteiger charge is 2.33. The van der Waals surface area contributed by atoms with E-state index in [1.165, 1.54) is 12.3 Å². The number of hydrogen-bond acceptors (Lipinski definition) is 3. The van der Waals surface area contributed by atoms with E-state index in [0.717, 1.165) is 24.2 Å². The SMILES string of the molecule is CCN(C)C=Nc1cnc(Oc2ccc(Cl)c(C(F)(F)F)c2)c(C)c1C. The zero-order valence-corrected chi connectivity index (χ0v) is 15.6. The van der Waals surface area contributed by atoms with Gasteiger partial charge in [0.15, 0.2) is 0 Å². The van der Waals surface area contributed by atoms with E-state index in [0.29, 0.717) is 11.3 Å². The summed E-state index contributed by atoms with van der Waals surface area (Å²) in [4.78, 5) is 10.5. The Bertz CT molecular complexity index is 822. The van der Waals surface area contributed by atoms with Crippen LogP contribution in [0.2, 0.25) is 5.02 Å². The van der Waals surface area contributed by atoms with Crippen LogP contribution in [0.1, 0.15) is 23.6 Å². The lowest BCUT2D eigenvalue weighted by atomic mass is 10.1. The van der Waals surface area contributed by atoms with Crippen molar-refractivity contribution in [2.45, 2.75) is 26.9 Å². The lowest BCUT2D eigenvalue weighted by Crippen LogP contribution is -2.14. The van der Waals surface area contributed by atoms with Gasteiger partial charge in [-0.05, 0) is 44.5 Å². The molecule has 1 aromatic heterocycles. The number of rotatable bonds is 5. The van der Waals surface area contributed by atoms with Gasteiger partial charge in [-0.1, -0.05) is 11.6 Å². The second-order valence-corrected chi connectivity index (χ2v) is 6.17. The molecule has 0 saturated carbocycles. The van der Waals surface area contributed by atoms with Gasteiger partial charge in [-0.3, -0.25) is 0 Å². The summed E-state index contributed by atoms with van der Waals surface area (Å²) < 4.78 is 44.5. The Morgan fingerprint density at radius 3 is 2.58 bits per heavy atom. The second-order valence-electron chi connectivity index (χ2n) is 5.76. The van der Waals surface area contributed by atoms with Gasteiger partial charge in [-0.25, -0.2) is 9.98 Å². The minimum Gasteiger partial charge on any atom is -0.439 e. The summed E-state index contributed by atoms with van der Waals surface area (Å²) in [5.74, 6) is 0.236. The van der Waals surface area contributed by atoms with Crippen LogP contribution in [-0.4, -0.2) is 29.8 Å². The molecule has 4 nitrogen and oxygen atoms in total. The molecule has 0 N–H and O–H groups in total. The van der Waals surface area contributed by atoms with Crippen LogP contribution in [-0.2, 0) is 6.18 Å². The molecule has 2 rings (SSSR count). The summed E-state index contributed by atoms with van der Waals surface area (Å²) in [6, 6.07) is 3.39. The summed E-state index contributed by atoms with van der Waals surface area (Å²) in [5, 5.41) is -0.379. The van der Waals surface area contributed by atoms with E-state index in [9.17, 15) is 13.2 Å². The first-order valence-electron chi connectivity index (χ1n) is 7.88. The van der Waals surface area contributed by atoms with Crippen LogP contribution >= 0.6 is 11.6 Å². The Balaban J connectivity index is 2.31. The van der Waals surface area contributed by atoms with Crippen molar-refractivity contribution in [1.82, 2.24) is 9.88 Å². The number of aromatic nitrogens is 1. The second kappa shape index (κ2) is 7.95. The standard InChI is InChI=1S/C18H19ClF3N3O/c1-5-25(4)10-24-16-9-23-17(12(3)11(16)2)26-13-6-7-15(19)14(8-13)18(20,21)22/h6-10H,5H2,1-4H3. The zero-order valence-electron chi connectivity index (χ0n) is 14.9. The van der Waals surface area contributed by atoms with Gasteiger partial charge >= 0.3 is 6.18 Å². The van der Waals surface area contributed by atoms with Crippen molar-refractivity contribution in [3.05, 3.63) is 46.1 Å². The fourth-order valence-corrected chi connectivity index (χ4v) is 2.26. The molecule has 0 atom stereocenters. The monoisotopic (exact) mass is 385 g/mol. The van der Waals surface area contributed by atoms with Crippen LogP contribution < -0.4 is 4.74 Å². The summed E-state index contributed by atoms with van der Waals surface area (Å²) in [6.07, 6.45) is -1.34. The predicted molar refractivity (Wildman–Crippen MR) is 96.7 cm³/mol. The lowest BCUT2D eigenvalue weighted by molar-refractivity contribution is -0.137. The molecule has 0 aliphatic heterocycles. The van der Waals surface area contributed by atoms with Gasteiger partial charge in [-0.2, -0.15) is 13.2 Å². The first-order valence-corrected chi connectivity index (χ1v) is 8.26. The Labute approximate surface area is 155 Å². The maximum absolute atomic E-state index is 13.0. The number of benzene rings is 1. The molecule has 2 aromatic rings. The number of halogens is 4. The van der Waals surface area contributed by atoms with E-state index in [1.54, 1.807) is 13.3 Å². The molecule has 0 aliphatic carbocycles. The molecule has 140 valence electrons. The topological polar surface area (TPSA) is 37.7 Å². The van der Waals surface area contributed by atoms with Gasteiger partial charge in [0.2, 0.25) is 5.88 Å². The minimum atomic E-state index is -4.56. The van der Waals surface area contributed by atoms with Crippen molar-refractivity contribution >= 4 is 23.6 Å². The molecule has 1 heterocycles. The van der Waals surface area contributed by atoms with Crippen LogP contribution in [0.5, 0.6) is 11.6 Å². The summed E-state index contributed by atoms with van der Waals surface area (Å²) in [7, 11) is 1.90. The number of hydrogen-bond donors (Lipinski definition) is 0. The van der Waals surface area contributed by atoms with Crippen LogP contribution in [0.25, 0.3) is 0 Å². The first kappa shape index (κ1) is 20.0.